The number of benzene rings is 1. The van der Waals surface area contributed by atoms with Gasteiger partial charge in [0.2, 0.25) is 0 Å². The van der Waals surface area contributed by atoms with E-state index < -0.39 is 0 Å². The number of nitrogens with two attached hydrogens (primary N) is 1. The lowest BCUT2D eigenvalue weighted by atomic mass is 10.3. The minimum absolute atomic E-state index is 0.288. The minimum Gasteiger partial charge on any atom is -0.490 e. The van der Waals surface area contributed by atoms with Gasteiger partial charge in [0.15, 0.2) is 11.6 Å². The van der Waals surface area contributed by atoms with E-state index in [-0.39, 0.29) is 11.6 Å². The molecule has 0 aliphatic heterocycles. The Morgan fingerprint density at radius 2 is 2.11 bits per heavy atom. The number of ether oxygens (including phenoxy) is 1. The Hall–Kier alpha value is -1.46. The Morgan fingerprint density at radius 3 is 2.89 bits per heavy atom. The number of nitrogens with zero attached hydrogens (tertiary/aromatic N) is 1. The second-order valence-electron chi connectivity index (χ2n) is 3.80. The van der Waals surface area contributed by atoms with Gasteiger partial charge in [0.05, 0.1) is 17.3 Å². The highest BCUT2D eigenvalue weighted by molar-refractivity contribution is 7.09. The van der Waals surface area contributed by atoms with Crippen LogP contribution >= 0.6 is 11.3 Å². The van der Waals surface area contributed by atoms with Crippen LogP contribution in [0, 0.1) is 5.82 Å². The predicted octanol–water partition coefficient (Wildman–Crippen LogP) is 2.40. The predicted molar refractivity (Wildman–Crippen MR) is 70.5 cm³/mol. The summed E-state index contributed by atoms with van der Waals surface area (Å²) in [5, 5.41) is 3.00. The smallest absolute Gasteiger partial charge is 0.165 e. The van der Waals surface area contributed by atoms with Gasteiger partial charge in [0.25, 0.3) is 0 Å². The highest BCUT2D eigenvalue weighted by atomic mass is 32.1. The van der Waals surface area contributed by atoms with Crippen molar-refractivity contribution < 1.29 is 9.13 Å². The largest absolute Gasteiger partial charge is 0.490 e. The average molecular weight is 266 g/mol. The maximum Gasteiger partial charge on any atom is 0.165 e. The van der Waals surface area contributed by atoms with Gasteiger partial charge in [-0.05, 0) is 18.7 Å². The third kappa shape index (κ3) is 3.51. The van der Waals surface area contributed by atoms with Crippen LogP contribution in [0.5, 0.6) is 5.75 Å². The van der Waals surface area contributed by atoms with Crippen molar-refractivity contribution in [2.24, 2.45) is 5.73 Å². The van der Waals surface area contributed by atoms with E-state index in [2.05, 4.69) is 4.98 Å². The number of hydrogen-bond donors (Lipinski definition) is 1. The van der Waals surface area contributed by atoms with Crippen LogP contribution in [0.2, 0.25) is 0 Å². The van der Waals surface area contributed by atoms with Crippen LogP contribution in [0.25, 0.3) is 0 Å². The molecule has 0 aliphatic rings. The first-order valence-electron chi connectivity index (χ1n) is 5.80. The van der Waals surface area contributed by atoms with Crippen LogP contribution in [0.4, 0.5) is 4.39 Å². The molecule has 1 heterocycles. The van der Waals surface area contributed by atoms with E-state index in [1.807, 2.05) is 5.38 Å². The minimum atomic E-state index is -0.333. The second kappa shape index (κ2) is 6.47. The molecule has 0 aliphatic carbocycles. The molecule has 2 N–H and O–H groups in total. The second-order valence-corrected chi connectivity index (χ2v) is 4.74. The number of halogens is 1. The summed E-state index contributed by atoms with van der Waals surface area (Å²) >= 11 is 1.59. The zero-order valence-electron chi connectivity index (χ0n) is 9.93. The average Bonchev–Trinajstić information content (AvgIpc) is 2.80. The molecule has 18 heavy (non-hydrogen) atoms. The summed E-state index contributed by atoms with van der Waals surface area (Å²) in [5.74, 6) is -0.0447. The first-order chi connectivity index (χ1) is 8.79. The Balaban J connectivity index is 1.83. The first kappa shape index (κ1) is 13.0. The summed E-state index contributed by atoms with van der Waals surface area (Å²) in [7, 11) is 0. The van der Waals surface area contributed by atoms with Crippen molar-refractivity contribution in [2.75, 3.05) is 13.2 Å². The quantitative estimate of drug-likeness (QED) is 0.873. The van der Waals surface area contributed by atoms with Crippen LogP contribution in [-0.4, -0.2) is 18.1 Å². The van der Waals surface area contributed by atoms with Crippen molar-refractivity contribution in [3.05, 3.63) is 46.2 Å². The normalized spacial score (nSPS) is 10.6. The molecule has 96 valence electrons. The Labute approximate surface area is 109 Å². The summed E-state index contributed by atoms with van der Waals surface area (Å²) < 4.78 is 18.6. The van der Waals surface area contributed by atoms with Gasteiger partial charge in [-0.25, -0.2) is 9.37 Å². The Kier molecular flexibility index (Phi) is 4.66. The van der Waals surface area contributed by atoms with Gasteiger partial charge >= 0.3 is 0 Å². The van der Waals surface area contributed by atoms with Gasteiger partial charge < -0.3 is 10.5 Å². The summed E-state index contributed by atoms with van der Waals surface area (Å²) in [6, 6.07) is 6.40. The monoisotopic (exact) mass is 266 g/mol. The molecule has 0 spiro atoms. The molecule has 0 unspecified atom stereocenters. The molecule has 0 atom stereocenters. The maximum absolute atomic E-state index is 13.3. The van der Waals surface area contributed by atoms with Crippen molar-refractivity contribution >= 4 is 11.3 Å². The molecule has 0 fully saturated rings. The molecular formula is C13H15FN2OS. The van der Waals surface area contributed by atoms with Gasteiger partial charge in [-0.2, -0.15) is 0 Å². The Bertz CT molecular complexity index is 501. The molecule has 2 rings (SSSR count). The van der Waals surface area contributed by atoms with Gasteiger partial charge in [-0.15, -0.1) is 11.3 Å². The molecule has 0 amide bonds. The molecule has 0 saturated carbocycles. The van der Waals surface area contributed by atoms with Crippen molar-refractivity contribution in [3.8, 4) is 5.75 Å². The molecule has 3 nitrogen and oxygen atoms in total. The number of aromatic nitrogens is 1. The lowest BCUT2D eigenvalue weighted by Gasteiger charge is -2.05. The number of thiazole rings is 1. The van der Waals surface area contributed by atoms with Crippen LogP contribution in [0.15, 0.2) is 29.6 Å². The van der Waals surface area contributed by atoms with Crippen LogP contribution < -0.4 is 10.5 Å². The van der Waals surface area contributed by atoms with Crippen molar-refractivity contribution in [2.45, 2.75) is 12.8 Å². The fourth-order valence-corrected chi connectivity index (χ4v) is 2.35. The SMILES string of the molecule is NCCc1csc(CCOc2ccccc2F)n1. The van der Waals surface area contributed by atoms with E-state index in [0.717, 1.165) is 17.1 Å². The molecule has 1 aromatic carbocycles. The fourth-order valence-electron chi connectivity index (χ4n) is 1.54. The van der Waals surface area contributed by atoms with E-state index in [1.54, 1.807) is 29.5 Å². The van der Waals surface area contributed by atoms with Gasteiger partial charge in [0.1, 0.15) is 0 Å². The molecule has 0 radical (unpaired) electrons. The zero-order valence-corrected chi connectivity index (χ0v) is 10.8. The van der Waals surface area contributed by atoms with E-state index in [0.29, 0.717) is 19.6 Å². The summed E-state index contributed by atoms with van der Waals surface area (Å²) in [6.45, 7) is 1.03. The lowest BCUT2D eigenvalue weighted by molar-refractivity contribution is 0.305. The first-order valence-corrected chi connectivity index (χ1v) is 6.68. The van der Waals surface area contributed by atoms with Gasteiger partial charge in [-0.1, -0.05) is 12.1 Å². The zero-order chi connectivity index (χ0) is 12.8. The topological polar surface area (TPSA) is 48.1 Å². The highest BCUT2D eigenvalue weighted by Crippen LogP contribution is 2.16. The van der Waals surface area contributed by atoms with E-state index in [1.165, 1.54) is 6.07 Å². The molecule has 0 saturated heterocycles. The van der Waals surface area contributed by atoms with Crippen molar-refractivity contribution in [1.29, 1.82) is 0 Å². The van der Waals surface area contributed by atoms with Gasteiger partial charge in [-0.3, -0.25) is 0 Å². The van der Waals surface area contributed by atoms with Gasteiger partial charge in [0, 0.05) is 18.2 Å². The number of hydrogen-bond acceptors (Lipinski definition) is 4. The molecule has 2 aromatic rings. The molecule has 1 aromatic heterocycles. The van der Waals surface area contributed by atoms with Crippen molar-refractivity contribution in [1.82, 2.24) is 4.98 Å². The van der Waals surface area contributed by atoms with E-state index in [9.17, 15) is 4.39 Å². The number of rotatable bonds is 6. The molecule has 0 bridgehead atoms. The summed E-state index contributed by atoms with van der Waals surface area (Å²) in [5.41, 5.74) is 6.48. The van der Waals surface area contributed by atoms with E-state index in [4.69, 9.17) is 10.5 Å². The molecule has 5 heteroatoms. The van der Waals surface area contributed by atoms with Crippen molar-refractivity contribution in [3.63, 3.8) is 0 Å². The number of para-hydroxylation sites is 1. The highest BCUT2D eigenvalue weighted by Gasteiger charge is 2.04. The summed E-state index contributed by atoms with van der Waals surface area (Å²) in [4.78, 5) is 4.42. The fraction of sp³-hybridized carbons (Fsp3) is 0.308. The standard InChI is InChI=1S/C13H15FN2OS/c14-11-3-1-2-4-12(11)17-8-6-13-16-10(5-7-15)9-18-13/h1-4,9H,5-8,15H2. The van der Waals surface area contributed by atoms with Crippen LogP contribution in [0.3, 0.4) is 0 Å². The lowest BCUT2D eigenvalue weighted by Crippen LogP contribution is -2.04. The third-order valence-electron chi connectivity index (χ3n) is 2.41. The van der Waals surface area contributed by atoms with E-state index >= 15 is 0 Å². The van der Waals surface area contributed by atoms with Crippen LogP contribution in [-0.2, 0) is 12.8 Å². The Morgan fingerprint density at radius 1 is 1.28 bits per heavy atom. The molecular weight excluding hydrogens is 251 g/mol. The third-order valence-corrected chi connectivity index (χ3v) is 3.37. The summed E-state index contributed by atoms with van der Waals surface area (Å²) in [6.07, 6.45) is 1.48. The maximum atomic E-state index is 13.3. The van der Waals surface area contributed by atoms with Crippen LogP contribution in [0.1, 0.15) is 10.7 Å².